The summed E-state index contributed by atoms with van der Waals surface area (Å²) in [6.07, 6.45) is -2.11. The van der Waals surface area contributed by atoms with Crippen LogP contribution in [0.2, 0.25) is 0 Å². The molecule has 0 saturated heterocycles. The molecule has 0 fully saturated rings. The van der Waals surface area contributed by atoms with E-state index in [-0.39, 0.29) is 12.5 Å². The van der Waals surface area contributed by atoms with Crippen LogP contribution in [0.5, 0.6) is 0 Å². The summed E-state index contributed by atoms with van der Waals surface area (Å²) >= 11 is 0. The molecule has 2 rings (SSSR count). The number of alkyl carbamates (subject to hydrolysis) is 1. The molecule has 9 nitrogen and oxygen atoms in total. The predicted octanol–water partition coefficient (Wildman–Crippen LogP) is 2.13. The van der Waals surface area contributed by atoms with Crippen LogP contribution >= 0.6 is 0 Å². The van der Waals surface area contributed by atoms with Crippen molar-refractivity contribution in [2.24, 2.45) is 0 Å². The number of amides is 3. The minimum absolute atomic E-state index is 0.163. The first-order valence-corrected chi connectivity index (χ1v) is 10.5. The molecule has 0 saturated carbocycles. The fraction of sp³-hybridized carbons (Fsp3) is 0.375. The molecule has 178 valence electrons. The Hall–Kier alpha value is -3.43. The van der Waals surface area contributed by atoms with Crippen LogP contribution < -0.4 is 10.6 Å². The van der Waals surface area contributed by atoms with Crippen LogP contribution in [-0.2, 0) is 20.9 Å². The van der Waals surface area contributed by atoms with Gasteiger partial charge in [0, 0.05) is 19.3 Å². The molecule has 1 unspecified atom stereocenters. The van der Waals surface area contributed by atoms with Crippen molar-refractivity contribution >= 4 is 23.6 Å². The number of carbonyl (C=O) groups is 3. The maximum absolute atomic E-state index is 12.4. The summed E-state index contributed by atoms with van der Waals surface area (Å²) in [5, 5.41) is 23.2. The Balaban J connectivity index is 1.96. The quantitative estimate of drug-likeness (QED) is 0.481. The summed E-state index contributed by atoms with van der Waals surface area (Å²) in [6, 6.07) is 14.7. The average molecular weight is 458 g/mol. The molecule has 2 aromatic rings. The lowest BCUT2D eigenvalue weighted by atomic mass is 10.0. The van der Waals surface area contributed by atoms with Gasteiger partial charge in [-0.2, -0.15) is 0 Å². The number of carbonyl (C=O) groups excluding carboxylic acids is 3. The highest BCUT2D eigenvalue weighted by molar-refractivity contribution is 5.94. The summed E-state index contributed by atoms with van der Waals surface area (Å²) in [7, 11) is 1.66. The molecular weight excluding hydrogens is 426 g/mol. The first-order valence-electron chi connectivity index (χ1n) is 10.5. The van der Waals surface area contributed by atoms with Gasteiger partial charge in [0.1, 0.15) is 12.1 Å². The summed E-state index contributed by atoms with van der Waals surface area (Å²) in [4.78, 5) is 37.3. The SMILES string of the molecule is CN(Cc1cccc(-c2ccc(NC(=O)C(O)CO)cc2)c1)C(=O)CNC(=O)OC(C)(C)C. The van der Waals surface area contributed by atoms with Gasteiger partial charge in [0.2, 0.25) is 5.91 Å². The molecule has 33 heavy (non-hydrogen) atoms. The number of likely N-dealkylation sites (N-methyl/N-ethyl adjacent to an activating group) is 1. The van der Waals surface area contributed by atoms with Gasteiger partial charge in [0.25, 0.3) is 5.91 Å². The first-order chi connectivity index (χ1) is 15.5. The second kappa shape index (κ2) is 11.4. The zero-order valence-corrected chi connectivity index (χ0v) is 19.3. The molecule has 4 N–H and O–H groups in total. The fourth-order valence-corrected chi connectivity index (χ4v) is 2.86. The Morgan fingerprint density at radius 3 is 2.33 bits per heavy atom. The number of anilines is 1. The molecule has 0 heterocycles. The van der Waals surface area contributed by atoms with Crippen molar-refractivity contribution in [3.8, 4) is 11.1 Å². The lowest BCUT2D eigenvalue weighted by molar-refractivity contribution is -0.129. The maximum Gasteiger partial charge on any atom is 0.408 e. The minimum atomic E-state index is -1.47. The normalized spacial score (nSPS) is 11.9. The molecule has 0 radical (unpaired) electrons. The number of nitrogens with zero attached hydrogens (tertiary/aromatic N) is 1. The van der Waals surface area contributed by atoms with Crippen LogP contribution in [0.4, 0.5) is 10.5 Å². The van der Waals surface area contributed by atoms with Gasteiger partial charge in [0.05, 0.1) is 6.61 Å². The number of hydrogen-bond acceptors (Lipinski definition) is 6. The molecule has 0 aliphatic heterocycles. The van der Waals surface area contributed by atoms with E-state index < -0.39 is 30.3 Å². The number of ether oxygens (including phenoxy) is 1. The van der Waals surface area contributed by atoms with Gasteiger partial charge < -0.3 is 30.5 Å². The van der Waals surface area contributed by atoms with Crippen molar-refractivity contribution in [2.75, 3.05) is 25.5 Å². The van der Waals surface area contributed by atoms with Crippen LogP contribution in [0.1, 0.15) is 26.3 Å². The van der Waals surface area contributed by atoms with Gasteiger partial charge in [-0.25, -0.2) is 4.79 Å². The second-order valence-corrected chi connectivity index (χ2v) is 8.57. The van der Waals surface area contributed by atoms with Crippen LogP contribution in [-0.4, -0.2) is 64.9 Å². The van der Waals surface area contributed by atoms with Crippen LogP contribution in [0.15, 0.2) is 48.5 Å². The number of benzene rings is 2. The van der Waals surface area contributed by atoms with Crippen LogP contribution in [0.3, 0.4) is 0 Å². The van der Waals surface area contributed by atoms with Gasteiger partial charge in [-0.05, 0) is 55.7 Å². The third-order valence-corrected chi connectivity index (χ3v) is 4.52. The number of hydrogen-bond donors (Lipinski definition) is 4. The predicted molar refractivity (Wildman–Crippen MR) is 124 cm³/mol. The highest BCUT2D eigenvalue weighted by Crippen LogP contribution is 2.23. The summed E-state index contributed by atoms with van der Waals surface area (Å²) in [6.45, 7) is 4.79. The van der Waals surface area contributed by atoms with E-state index in [9.17, 15) is 19.5 Å². The third kappa shape index (κ3) is 8.55. The topological polar surface area (TPSA) is 128 Å². The zero-order valence-electron chi connectivity index (χ0n) is 19.3. The number of aliphatic hydroxyl groups is 2. The van der Waals surface area contributed by atoms with E-state index in [1.165, 1.54) is 4.90 Å². The number of rotatable bonds is 8. The zero-order chi connectivity index (χ0) is 24.6. The summed E-state index contributed by atoms with van der Waals surface area (Å²) < 4.78 is 5.13. The van der Waals surface area contributed by atoms with Gasteiger partial charge >= 0.3 is 6.09 Å². The Morgan fingerprint density at radius 1 is 1.06 bits per heavy atom. The first kappa shape index (κ1) is 25.8. The van der Waals surface area contributed by atoms with Crippen molar-refractivity contribution in [1.82, 2.24) is 10.2 Å². The van der Waals surface area contributed by atoms with Crippen LogP contribution in [0, 0.1) is 0 Å². The molecule has 0 aliphatic rings. The largest absolute Gasteiger partial charge is 0.444 e. The van der Waals surface area contributed by atoms with Crippen molar-refractivity contribution in [1.29, 1.82) is 0 Å². The molecule has 9 heteroatoms. The monoisotopic (exact) mass is 457 g/mol. The second-order valence-electron chi connectivity index (χ2n) is 8.57. The van der Waals surface area contributed by atoms with Crippen molar-refractivity contribution in [3.05, 3.63) is 54.1 Å². The Morgan fingerprint density at radius 2 is 1.73 bits per heavy atom. The van der Waals surface area contributed by atoms with E-state index in [4.69, 9.17) is 9.84 Å². The Kier molecular flexibility index (Phi) is 8.95. The van der Waals surface area contributed by atoms with Gasteiger partial charge in [0.15, 0.2) is 6.10 Å². The number of nitrogens with one attached hydrogen (secondary N) is 2. The van der Waals surface area contributed by atoms with Crippen molar-refractivity contribution in [3.63, 3.8) is 0 Å². The lowest BCUT2D eigenvalue weighted by Gasteiger charge is -2.21. The lowest BCUT2D eigenvalue weighted by Crippen LogP contribution is -2.40. The molecule has 0 aliphatic carbocycles. The highest BCUT2D eigenvalue weighted by Gasteiger charge is 2.18. The Bertz CT molecular complexity index is 969. The standard InChI is InChI=1S/C24H31N3O6/c1-24(2,3)33-23(32)25-13-21(30)27(4)14-16-6-5-7-18(12-16)17-8-10-19(11-9-17)26-22(31)20(29)15-28/h5-12,20,28-29H,13-15H2,1-4H3,(H,25,32)(H,26,31). The molecule has 0 bridgehead atoms. The van der Waals surface area contributed by atoms with E-state index in [0.717, 1.165) is 16.7 Å². The molecule has 1 atom stereocenters. The van der Waals surface area contributed by atoms with E-state index in [2.05, 4.69) is 10.6 Å². The van der Waals surface area contributed by atoms with Crippen molar-refractivity contribution in [2.45, 2.75) is 39.0 Å². The van der Waals surface area contributed by atoms with Gasteiger partial charge in [-0.1, -0.05) is 30.3 Å². The van der Waals surface area contributed by atoms with Crippen molar-refractivity contribution < 1.29 is 29.3 Å². The van der Waals surface area contributed by atoms with Gasteiger partial charge in [-0.3, -0.25) is 9.59 Å². The summed E-state index contributed by atoms with van der Waals surface area (Å²) in [5.74, 6) is -0.933. The van der Waals surface area contributed by atoms with Crippen LogP contribution in [0.25, 0.3) is 11.1 Å². The maximum atomic E-state index is 12.4. The summed E-state index contributed by atoms with van der Waals surface area (Å²) in [5.41, 5.74) is 2.59. The molecule has 2 aromatic carbocycles. The number of aliphatic hydroxyl groups excluding tert-OH is 2. The highest BCUT2D eigenvalue weighted by atomic mass is 16.6. The Labute approximate surface area is 193 Å². The molecule has 0 spiro atoms. The van der Waals surface area contributed by atoms with E-state index in [0.29, 0.717) is 12.2 Å². The van der Waals surface area contributed by atoms with E-state index in [1.807, 2.05) is 36.4 Å². The third-order valence-electron chi connectivity index (χ3n) is 4.52. The average Bonchev–Trinajstić information content (AvgIpc) is 2.76. The smallest absolute Gasteiger partial charge is 0.408 e. The molecular formula is C24H31N3O6. The van der Waals surface area contributed by atoms with E-state index in [1.54, 1.807) is 40.0 Å². The van der Waals surface area contributed by atoms with E-state index >= 15 is 0 Å². The van der Waals surface area contributed by atoms with Gasteiger partial charge in [-0.15, -0.1) is 0 Å². The molecule has 3 amide bonds. The fourth-order valence-electron chi connectivity index (χ4n) is 2.86. The molecule has 0 aromatic heterocycles. The minimum Gasteiger partial charge on any atom is -0.444 e.